The Morgan fingerprint density at radius 2 is 1.95 bits per heavy atom. The molecule has 0 unspecified atom stereocenters. The molecule has 1 fully saturated rings. The summed E-state index contributed by atoms with van der Waals surface area (Å²) in [5.41, 5.74) is 3.10. The van der Waals surface area contributed by atoms with Gasteiger partial charge in [0, 0.05) is 60.2 Å². The highest BCUT2D eigenvalue weighted by molar-refractivity contribution is 5.97. The van der Waals surface area contributed by atoms with Crippen LogP contribution in [0.3, 0.4) is 0 Å². The molecule has 2 aromatic heterocycles. The van der Waals surface area contributed by atoms with Gasteiger partial charge in [-0.1, -0.05) is 31.2 Å². The number of rotatable bonds is 10. The van der Waals surface area contributed by atoms with Crippen molar-refractivity contribution in [3.8, 4) is 22.9 Å². The molecule has 6 rings (SSSR count). The number of aromatic amines is 1. The van der Waals surface area contributed by atoms with Crippen LogP contribution >= 0.6 is 0 Å². The van der Waals surface area contributed by atoms with Crippen molar-refractivity contribution in [3.63, 3.8) is 0 Å². The van der Waals surface area contributed by atoms with E-state index in [9.17, 15) is 4.79 Å². The smallest absolute Gasteiger partial charge is 0.181 e. The van der Waals surface area contributed by atoms with Gasteiger partial charge in [-0.15, -0.1) is 0 Å². The summed E-state index contributed by atoms with van der Waals surface area (Å²) in [6.07, 6.45) is 6.49. The van der Waals surface area contributed by atoms with Gasteiger partial charge in [-0.2, -0.15) is 5.10 Å². The zero-order valence-corrected chi connectivity index (χ0v) is 23.6. The summed E-state index contributed by atoms with van der Waals surface area (Å²) in [7, 11) is 2.13. The number of para-hydroxylation sites is 1. The molecule has 2 N–H and O–H groups in total. The van der Waals surface area contributed by atoms with Gasteiger partial charge < -0.3 is 19.7 Å². The maximum atomic E-state index is 13.5. The number of piperidine rings is 1. The number of likely N-dealkylation sites (tertiary alicyclic amines) is 1. The van der Waals surface area contributed by atoms with Crippen molar-refractivity contribution in [2.24, 2.45) is 0 Å². The summed E-state index contributed by atoms with van der Waals surface area (Å²) in [5.74, 6) is 3.07. The Bertz CT molecular complexity index is 1500. The summed E-state index contributed by atoms with van der Waals surface area (Å²) in [5, 5.41) is 11.5. The first-order valence-corrected chi connectivity index (χ1v) is 14.4. The van der Waals surface area contributed by atoms with Gasteiger partial charge in [0.2, 0.25) is 0 Å². The third-order valence-electron chi connectivity index (χ3n) is 8.06. The molecule has 1 saturated heterocycles. The van der Waals surface area contributed by atoms with Crippen LogP contribution in [0.5, 0.6) is 11.5 Å². The highest BCUT2D eigenvalue weighted by atomic mass is 16.5. The van der Waals surface area contributed by atoms with Crippen molar-refractivity contribution in [1.82, 2.24) is 25.1 Å². The number of hydrogen-bond donors (Lipinski definition) is 2. The zero-order valence-electron chi connectivity index (χ0n) is 23.6. The van der Waals surface area contributed by atoms with Crippen molar-refractivity contribution < 1.29 is 14.3 Å². The van der Waals surface area contributed by atoms with Crippen LogP contribution in [-0.4, -0.2) is 64.2 Å². The normalized spacial score (nSPS) is 18.0. The van der Waals surface area contributed by atoms with Gasteiger partial charge in [0.15, 0.2) is 28.9 Å². The number of nitrogens with zero attached hydrogens (tertiary/aromatic N) is 4. The fourth-order valence-corrected chi connectivity index (χ4v) is 5.69. The van der Waals surface area contributed by atoms with E-state index in [0.717, 1.165) is 66.5 Å². The molecule has 0 spiro atoms. The average Bonchev–Trinajstić information content (AvgIpc) is 3.67. The number of nitrogens with one attached hydrogen (secondary N) is 2. The number of anilines is 1. The lowest BCUT2D eigenvalue weighted by atomic mass is 9.86. The van der Waals surface area contributed by atoms with Gasteiger partial charge in [-0.05, 0) is 56.6 Å². The predicted molar refractivity (Wildman–Crippen MR) is 157 cm³/mol. The Hall–Kier alpha value is -4.24. The standard InChI is InChI=1S/C32H36N6O3/c1-3-18-40-28-9-5-8-26-24(21-41-29(26)28)20-27(39)23-6-4-7-25(19-23)35-32(12-16-38(2)17-13-32)31-34-30(36-37-31)22-10-14-33-15-11-22/h4-11,14-15,19,24,35H,3,12-13,16-18,20-21H2,1-2H3,(H,34,36,37)/t24-/m0/s1. The SMILES string of the molecule is CCCOc1cccc2c1OC[C@@H]2CC(=O)c1cccc(NC2(c3nc(-c4ccncc4)n[nH]3)CCN(C)CC2)c1. The lowest BCUT2D eigenvalue weighted by molar-refractivity contribution is 0.0969. The van der Waals surface area contributed by atoms with Crippen LogP contribution < -0.4 is 14.8 Å². The average molecular weight is 553 g/mol. The van der Waals surface area contributed by atoms with Gasteiger partial charge >= 0.3 is 0 Å². The van der Waals surface area contributed by atoms with Gasteiger partial charge in [-0.3, -0.25) is 14.9 Å². The molecular weight excluding hydrogens is 516 g/mol. The molecule has 0 amide bonds. The predicted octanol–water partition coefficient (Wildman–Crippen LogP) is 5.44. The maximum absolute atomic E-state index is 13.5. The number of H-pyrrole nitrogens is 1. The number of Topliss-reactive ketones (excluding diaryl/α,β-unsaturated/α-hetero) is 1. The van der Waals surface area contributed by atoms with Gasteiger partial charge in [-0.25, -0.2) is 4.98 Å². The minimum atomic E-state index is -0.431. The number of carbonyl (C=O) groups is 1. The number of pyridine rings is 1. The quantitative estimate of drug-likeness (QED) is 0.251. The summed E-state index contributed by atoms with van der Waals surface area (Å²) in [6.45, 7) is 5.03. The Labute approximate surface area is 240 Å². The van der Waals surface area contributed by atoms with Crippen LogP contribution in [0.25, 0.3) is 11.4 Å². The minimum Gasteiger partial charge on any atom is -0.490 e. The first kappa shape index (κ1) is 27.0. The van der Waals surface area contributed by atoms with E-state index in [1.165, 1.54) is 0 Å². The maximum Gasteiger partial charge on any atom is 0.181 e. The molecular formula is C32H36N6O3. The Kier molecular flexibility index (Phi) is 7.69. The number of benzene rings is 2. The molecule has 9 heteroatoms. The Morgan fingerprint density at radius 3 is 2.76 bits per heavy atom. The van der Waals surface area contributed by atoms with E-state index >= 15 is 0 Å². The van der Waals surface area contributed by atoms with Crippen LogP contribution in [0.2, 0.25) is 0 Å². The minimum absolute atomic E-state index is 0.000293. The van der Waals surface area contributed by atoms with Crippen molar-refractivity contribution >= 4 is 11.5 Å². The largest absolute Gasteiger partial charge is 0.490 e. The van der Waals surface area contributed by atoms with E-state index in [-0.39, 0.29) is 11.7 Å². The highest BCUT2D eigenvalue weighted by Crippen LogP contribution is 2.43. The number of fused-ring (bicyclic) bond motifs is 1. The Morgan fingerprint density at radius 1 is 1.15 bits per heavy atom. The molecule has 4 aromatic rings. The fourth-order valence-electron chi connectivity index (χ4n) is 5.69. The van der Waals surface area contributed by atoms with Crippen LogP contribution in [-0.2, 0) is 5.54 Å². The van der Waals surface area contributed by atoms with Crippen molar-refractivity contribution in [2.75, 3.05) is 38.7 Å². The lowest BCUT2D eigenvalue weighted by Gasteiger charge is -2.40. The summed E-state index contributed by atoms with van der Waals surface area (Å²) in [6, 6.07) is 17.6. The van der Waals surface area contributed by atoms with Crippen molar-refractivity contribution in [1.29, 1.82) is 0 Å². The number of ether oxygens (including phenoxy) is 2. The van der Waals surface area contributed by atoms with Crippen molar-refractivity contribution in [3.05, 3.63) is 83.9 Å². The zero-order chi connectivity index (χ0) is 28.2. The topological polar surface area (TPSA) is 105 Å². The lowest BCUT2D eigenvalue weighted by Crippen LogP contribution is -2.46. The molecule has 212 valence electrons. The molecule has 2 aromatic carbocycles. The van der Waals surface area contributed by atoms with Crippen LogP contribution in [0.15, 0.2) is 67.0 Å². The Balaban J connectivity index is 1.21. The molecule has 0 bridgehead atoms. The second-order valence-corrected chi connectivity index (χ2v) is 11.0. The van der Waals surface area contributed by atoms with Crippen LogP contribution in [0.4, 0.5) is 5.69 Å². The van der Waals surface area contributed by atoms with E-state index in [1.807, 2.05) is 54.6 Å². The second-order valence-electron chi connectivity index (χ2n) is 11.0. The first-order valence-electron chi connectivity index (χ1n) is 14.4. The summed E-state index contributed by atoms with van der Waals surface area (Å²) < 4.78 is 11.9. The molecule has 0 aliphatic carbocycles. The van der Waals surface area contributed by atoms with E-state index in [0.29, 0.717) is 31.0 Å². The number of hydrogen-bond acceptors (Lipinski definition) is 8. The number of ketones is 1. The number of aromatic nitrogens is 4. The second kappa shape index (κ2) is 11.7. The van der Waals surface area contributed by atoms with Crippen LogP contribution in [0.1, 0.15) is 60.3 Å². The highest BCUT2D eigenvalue weighted by Gasteiger charge is 2.39. The van der Waals surface area contributed by atoms with Crippen molar-refractivity contribution in [2.45, 2.75) is 44.1 Å². The van der Waals surface area contributed by atoms with E-state index in [1.54, 1.807) is 12.4 Å². The summed E-state index contributed by atoms with van der Waals surface area (Å²) in [4.78, 5) is 24.8. The van der Waals surface area contributed by atoms with Crippen LogP contribution in [0, 0.1) is 0 Å². The number of carbonyl (C=O) groups excluding carboxylic acids is 1. The van der Waals surface area contributed by atoms with Gasteiger partial charge in [0.05, 0.1) is 18.8 Å². The van der Waals surface area contributed by atoms with E-state index in [2.05, 4.69) is 39.4 Å². The molecule has 0 radical (unpaired) electrons. The molecule has 41 heavy (non-hydrogen) atoms. The van der Waals surface area contributed by atoms with E-state index in [4.69, 9.17) is 14.5 Å². The molecule has 2 aliphatic rings. The monoisotopic (exact) mass is 552 g/mol. The molecule has 9 nitrogen and oxygen atoms in total. The fraction of sp³-hybridized carbons (Fsp3) is 0.375. The first-order chi connectivity index (χ1) is 20.0. The third kappa shape index (κ3) is 5.67. The molecule has 2 aliphatic heterocycles. The molecule has 1 atom stereocenters. The molecule has 0 saturated carbocycles. The summed E-state index contributed by atoms with van der Waals surface area (Å²) >= 11 is 0. The third-order valence-corrected chi connectivity index (χ3v) is 8.06. The van der Waals surface area contributed by atoms with Gasteiger partial charge in [0.25, 0.3) is 0 Å². The molecule has 4 heterocycles. The van der Waals surface area contributed by atoms with E-state index < -0.39 is 5.54 Å². The van der Waals surface area contributed by atoms with Gasteiger partial charge in [0.1, 0.15) is 0 Å².